The van der Waals surface area contributed by atoms with Crippen molar-refractivity contribution in [3.05, 3.63) is 130 Å². The first-order chi connectivity index (χ1) is 64.4. The number of fused-ring (bicyclic) bond motifs is 12. The quantitative estimate of drug-likeness (QED) is 0.0224. The smallest absolute Gasteiger partial charge is 0.345 e. The fourth-order valence-corrected chi connectivity index (χ4v) is 53.5. The van der Waals surface area contributed by atoms with Gasteiger partial charge in [-0.3, -0.25) is 0 Å². The van der Waals surface area contributed by atoms with Gasteiger partial charge in [-0.05, 0) is 240 Å². The van der Waals surface area contributed by atoms with E-state index in [2.05, 4.69) is 178 Å². The monoisotopic (exact) mass is 2280 g/mol. The van der Waals surface area contributed by atoms with Crippen LogP contribution >= 0.6 is 271 Å². The lowest BCUT2D eigenvalue weighted by molar-refractivity contribution is -0.291. The molecule has 36 heteroatoms. The summed E-state index contributed by atoms with van der Waals surface area (Å²) in [6, 6.07) is 14.7. The number of hydrogen-bond donors (Lipinski definition) is 0. The Morgan fingerprint density at radius 1 is 0.246 bits per heavy atom. The van der Waals surface area contributed by atoms with Crippen LogP contribution in [0.4, 0.5) is 0 Å². The summed E-state index contributed by atoms with van der Waals surface area (Å²) in [6.07, 6.45) is 0. The first kappa shape index (κ1) is 103. The molecule has 12 aliphatic rings. The Morgan fingerprint density at radius 3 is 0.688 bits per heavy atom. The molecule has 0 unspecified atom stereocenters. The van der Waals surface area contributed by atoms with Gasteiger partial charge < -0.3 is 33.5 Å². The number of hydrogen-bond acceptors (Lipinski definition) is 35. The summed E-state index contributed by atoms with van der Waals surface area (Å²) in [6.45, 7) is 62.1. The van der Waals surface area contributed by atoms with Gasteiger partial charge in [0.25, 0.3) is 0 Å². The number of ether oxygens (including phenoxy) is 6. The average Bonchev–Trinajstić information content (AvgIpc) is 1.50. The molecule has 0 radical (unpaired) electrons. The van der Waals surface area contributed by atoms with Crippen molar-refractivity contribution in [2.45, 2.75) is 355 Å². The van der Waals surface area contributed by atoms with E-state index in [0.29, 0.717) is 55.7 Å². The van der Waals surface area contributed by atoms with Gasteiger partial charge in [-0.1, -0.05) is 18.8 Å². The number of rotatable bonds is 16. The van der Waals surface area contributed by atoms with Crippen LogP contribution < -0.4 is 30.2 Å². The van der Waals surface area contributed by atoms with Gasteiger partial charge >= 0.3 is 29.8 Å². The van der Waals surface area contributed by atoms with E-state index < -0.39 is 28.3 Å². The van der Waals surface area contributed by atoms with Crippen LogP contribution in [-0.2, 0) is 30.3 Å². The molecule has 12 nitrogen and oxygen atoms in total. The van der Waals surface area contributed by atoms with Crippen molar-refractivity contribution in [2.24, 2.45) is 0 Å². The first-order valence-corrected chi connectivity index (χ1v) is 64.6. The highest BCUT2D eigenvalue weighted by atomic mass is 32.2. The molecule has 0 bridgehead atoms. The van der Waals surface area contributed by atoms with Crippen molar-refractivity contribution in [1.29, 1.82) is 0 Å². The van der Waals surface area contributed by atoms with Gasteiger partial charge in [0.15, 0.2) is 0 Å². The molecule has 0 amide bonds. The maximum absolute atomic E-state index is 16.0. The van der Waals surface area contributed by atoms with E-state index in [0.717, 1.165) is 161 Å². The van der Waals surface area contributed by atoms with Crippen molar-refractivity contribution < 1.29 is 57.5 Å². The van der Waals surface area contributed by atoms with Gasteiger partial charge in [0.05, 0.1) is 109 Å². The molecule has 12 aliphatic heterocycles. The van der Waals surface area contributed by atoms with Crippen molar-refractivity contribution >= 4 is 329 Å². The van der Waals surface area contributed by atoms with E-state index in [9.17, 15) is 19.5 Å². The lowest BCUT2D eigenvalue weighted by Gasteiger charge is -2.25. The number of benzene rings is 8. The SMILES string of the molecule is CCOC(=O)c1c2c(c(C(c3c4c(c(C(=O)Oc5ccc(C#Cc6ccc(OC(=O)c7c8c(c(C(c9c%10c(c(C(=O)OCC)c%11c9SC(C)(C)S%11)SC(C)(C)S%10)=c9c%10c(c(C(=O)OCC)c%11c9=[S+]C(C)(C)S%11)SC(C)(C)S%10)c9c7SC(C)(C)S9)SC(C)(C)S8)cc6)cc5)c5c3SC(C)(C)S5)SC(C)(C)S4)=c3c4c(c(=C([O-])OCC)c5c3SC(C)(C)S5)SC(C)(C)S4)c3c1SC(C)(C)S3)SC(C)(C)S2. The zero-order chi connectivity index (χ0) is 98.8. The van der Waals surface area contributed by atoms with Crippen LogP contribution in [0.25, 0.3) is 17.1 Å². The maximum Gasteiger partial charge on any atom is 0.345 e. The third kappa shape index (κ3) is 18.9. The Hall–Kier alpha value is -1.85. The summed E-state index contributed by atoms with van der Waals surface area (Å²) in [4.78, 5) is 98.7. The number of esters is 5. The largest absolute Gasteiger partial charge is 0.613 e. The van der Waals surface area contributed by atoms with Crippen LogP contribution in [0.1, 0.15) is 279 Å². The topological polar surface area (TPSA) is 164 Å². The average molecular weight is 2290 g/mol. The zero-order valence-electron chi connectivity index (χ0n) is 81.1. The molecular formula is C102H100O12S24. The predicted octanol–water partition coefficient (Wildman–Crippen LogP) is 31.5. The molecule has 20 rings (SSSR count). The molecule has 8 aromatic rings. The van der Waals surface area contributed by atoms with Crippen LogP contribution in [0.2, 0.25) is 0 Å². The molecule has 0 aromatic heterocycles. The Kier molecular flexibility index (Phi) is 27.3. The second kappa shape index (κ2) is 36.5. The Labute approximate surface area is 910 Å². The van der Waals surface area contributed by atoms with E-state index >= 15 is 9.59 Å². The van der Waals surface area contributed by atoms with Crippen LogP contribution in [0.5, 0.6) is 11.5 Å². The van der Waals surface area contributed by atoms with E-state index in [1.165, 1.54) is 0 Å². The number of carbonyl (C=O) groups excluding carboxylic acids is 5. The molecule has 0 aliphatic carbocycles. The molecule has 0 fully saturated rings. The summed E-state index contributed by atoms with van der Waals surface area (Å²) < 4.78 is 33.8. The molecular weight excluding hydrogens is 2190 g/mol. The van der Waals surface area contributed by atoms with Gasteiger partial charge in [0.1, 0.15) is 11.5 Å². The molecule has 0 saturated carbocycles. The fourth-order valence-electron chi connectivity index (χ4n) is 18.2. The molecule has 0 N–H and O–H groups in total. The summed E-state index contributed by atoms with van der Waals surface area (Å²) in [5, 5.41) is 17.7. The van der Waals surface area contributed by atoms with Crippen LogP contribution in [-0.4, -0.2) is 105 Å². The lowest BCUT2D eigenvalue weighted by Crippen LogP contribution is -2.28. The minimum atomic E-state index is -0.460. The van der Waals surface area contributed by atoms with Gasteiger partial charge in [-0.2, -0.15) is 0 Å². The Morgan fingerprint density at radius 2 is 0.442 bits per heavy atom. The van der Waals surface area contributed by atoms with Crippen molar-refractivity contribution in [3.63, 3.8) is 0 Å². The summed E-state index contributed by atoms with van der Waals surface area (Å²) in [5.41, 5.74) is 10.6. The van der Waals surface area contributed by atoms with E-state index in [-0.39, 0.29) is 82.9 Å². The van der Waals surface area contributed by atoms with Crippen LogP contribution in [0.3, 0.4) is 0 Å². The molecule has 0 saturated heterocycles. The standard InChI is InChI=1S/C102H100O12S24/c1-29-109-85(103)55-73-61(115-91(5,6)127-73)49(62-74(55)128-92(7,8)116-62)47(50-63-75(129-93(9,10)117-63)56(86(104)110-30-2)76-64(50)118-94(11,12)130-76)53-69-81(135-99(21,22)123-69)59(82-70(53)124-100(23,24)136-82)89(107)113-45-39-35-43(36-40-45)33-34-44-37-41-46(42-38-44)114-90(108)60-83-71(125-101(25,26)137-83)54(72-84(60)138-102(27,28)126-72)48(51-65-77(131-95(13,14)119-65)57(87(105)111-31-3)78-66(51)120-96(15,16)132-78)52-67-79(133-97(17,18)121-67)58(88(106)112-32-4)80-68(52)122-98(19,20)134-80/h35-42H,29-32H2,1-28H3. The highest BCUT2D eigenvalue weighted by Gasteiger charge is 2.57. The summed E-state index contributed by atoms with van der Waals surface area (Å²) >= 11 is 42.2. The second-order valence-corrected chi connectivity index (χ2v) is 81.6. The minimum absolute atomic E-state index is 0.232. The second-order valence-electron chi connectivity index (χ2n) is 39.4. The minimum Gasteiger partial charge on any atom is -0.613 e. The first-order valence-electron chi connectivity index (χ1n) is 45.0. The number of thioether (sulfide) groups is 23. The molecule has 0 spiro atoms. The third-order valence-electron chi connectivity index (χ3n) is 22.6. The number of carbonyl (C=O) groups is 5. The van der Waals surface area contributed by atoms with Gasteiger partial charge in [-0.15, -0.1) is 259 Å². The molecule has 0 atom stereocenters. The van der Waals surface area contributed by atoms with Crippen LogP contribution in [0.15, 0.2) is 161 Å². The van der Waals surface area contributed by atoms with Crippen molar-refractivity contribution in [3.8, 4) is 23.3 Å². The van der Waals surface area contributed by atoms with Crippen LogP contribution in [0, 0.1) is 16.4 Å². The normalized spacial score (nSPS) is 20.9. The molecule has 12 heterocycles. The third-order valence-corrected chi connectivity index (χ3v) is 56.6. The highest BCUT2D eigenvalue weighted by Crippen LogP contribution is 2.76. The van der Waals surface area contributed by atoms with Gasteiger partial charge in [0.2, 0.25) is 19.9 Å². The lowest BCUT2D eigenvalue weighted by atomic mass is 9.92. The van der Waals surface area contributed by atoms with Gasteiger partial charge in [-0.25, -0.2) is 24.0 Å². The maximum atomic E-state index is 16.0. The predicted molar refractivity (Wildman–Crippen MR) is 602 cm³/mol. The van der Waals surface area contributed by atoms with Crippen molar-refractivity contribution in [1.82, 2.24) is 0 Å². The summed E-state index contributed by atoms with van der Waals surface area (Å²) in [5.74, 6) is 5.24. The molecule has 138 heavy (non-hydrogen) atoms. The fraction of sp³-hybridized carbons (Fsp3) is 0.431. The Bertz CT molecular complexity index is 6960. The van der Waals surface area contributed by atoms with E-state index in [1.54, 1.807) is 282 Å². The van der Waals surface area contributed by atoms with Crippen molar-refractivity contribution in [2.75, 3.05) is 26.4 Å². The summed E-state index contributed by atoms with van der Waals surface area (Å²) in [7, 11) is 0. The van der Waals surface area contributed by atoms with E-state index in [4.69, 9.17) is 28.4 Å². The molecule has 724 valence electrons. The van der Waals surface area contributed by atoms with Gasteiger partial charge in [0, 0.05) is 177 Å². The zero-order valence-corrected chi connectivity index (χ0v) is 101. The Balaban J connectivity index is 0.677. The molecule has 8 aromatic carbocycles. The highest BCUT2D eigenvalue weighted by molar-refractivity contribution is 8.25. The van der Waals surface area contributed by atoms with E-state index in [1.807, 2.05) is 76.2 Å².